The second-order valence-electron chi connectivity index (χ2n) is 4.18. The summed E-state index contributed by atoms with van der Waals surface area (Å²) in [7, 11) is 0. The summed E-state index contributed by atoms with van der Waals surface area (Å²) in [4.78, 5) is 28.9. The van der Waals surface area contributed by atoms with Gasteiger partial charge in [0.2, 0.25) is 0 Å². The molecule has 0 atom stereocenters. The first-order valence-corrected chi connectivity index (χ1v) is 7.07. The predicted molar refractivity (Wildman–Crippen MR) is 79.2 cm³/mol. The molecular weight excluding hydrogens is 276 g/mol. The molecule has 6 heteroatoms. The summed E-state index contributed by atoms with van der Waals surface area (Å²) in [6.07, 6.45) is 4.47. The van der Waals surface area contributed by atoms with Crippen LogP contribution < -0.4 is 0 Å². The van der Waals surface area contributed by atoms with Crippen LogP contribution in [-0.4, -0.2) is 41.5 Å². The van der Waals surface area contributed by atoms with Gasteiger partial charge in [0.05, 0.1) is 0 Å². The monoisotopic (exact) mass is 294 g/mol. The maximum absolute atomic E-state index is 11.8. The summed E-state index contributed by atoms with van der Waals surface area (Å²) in [5.41, 5.74) is 0.884. The Bertz CT molecular complexity index is 495. The maximum Gasteiger partial charge on any atom is 0.331 e. The van der Waals surface area contributed by atoms with Crippen molar-refractivity contribution in [2.24, 2.45) is 0 Å². The van der Waals surface area contributed by atoms with Crippen LogP contribution >= 0.6 is 11.3 Å². The minimum Gasteiger partial charge on any atom is -0.452 e. The minimum absolute atomic E-state index is 0.230. The number of nitrogens with zero attached hydrogens (tertiary/aromatic N) is 2. The van der Waals surface area contributed by atoms with E-state index in [2.05, 4.69) is 11.6 Å². The van der Waals surface area contributed by atoms with Crippen LogP contribution in [0.1, 0.15) is 18.9 Å². The number of carbonyl (C=O) groups is 2. The molecular formula is C14H18N2O3S. The fraction of sp³-hybridized carbons (Fsp3) is 0.357. The van der Waals surface area contributed by atoms with Crippen molar-refractivity contribution < 1.29 is 14.3 Å². The Labute approximate surface area is 122 Å². The number of thiazole rings is 1. The van der Waals surface area contributed by atoms with Gasteiger partial charge in [-0.1, -0.05) is 12.2 Å². The molecule has 0 aromatic carbocycles. The van der Waals surface area contributed by atoms with Gasteiger partial charge in [0, 0.05) is 30.7 Å². The highest BCUT2D eigenvalue weighted by Crippen LogP contribution is 2.05. The number of hydrogen-bond acceptors (Lipinski definition) is 5. The first-order valence-electron chi connectivity index (χ1n) is 6.19. The Morgan fingerprint density at radius 3 is 2.85 bits per heavy atom. The molecule has 1 rings (SSSR count). The molecule has 0 N–H and O–H groups in total. The summed E-state index contributed by atoms with van der Waals surface area (Å²) in [5.74, 6) is -0.786. The highest BCUT2D eigenvalue weighted by molar-refractivity contribution is 7.10. The van der Waals surface area contributed by atoms with Crippen LogP contribution in [0.2, 0.25) is 0 Å². The van der Waals surface area contributed by atoms with Gasteiger partial charge in [-0.15, -0.1) is 11.3 Å². The van der Waals surface area contributed by atoms with Crippen molar-refractivity contribution in [3.63, 3.8) is 0 Å². The summed E-state index contributed by atoms with van der Waals surface area (Å²) in [6.45, 7) is 8.24. The van der Waals surface area contributed by atoms with Crippen molar-refractivity contribution >= 4 is 29.3 Å². The number of amides is 1. The molecule has 1 aromatic heterocycles. The number of esters is 1. The van der Waals surface area contributed by atoms with Crippen molar-refractivity contribution in [3.05, 3.63) is 34.8 Å². The van der Waals surface area contributed by atoms with E-state index >= 15 is 0 Å². The van der Waals surface area contributed by atoms with E-state index in [0.29, 0.717) is 18.1 Å². The summed E-state index contributed by atoms with van der Waals surface area (Å²) in [6, 6.07) is 0. The average molecular weight is 294 g/mol. The number of hydrogen-bond donors (Lipinski definition) is 0. The van der Waals surface area contributed by atoms with Crippen LogP contribution in [0.25, 0.3) is 6.08 Å². The molecule has 108 valence electrons. The van der Waals surface area contributed by atoms with Crippen molar-refractivity contribution in [2.45, 2.75) is 13.8 Å². The molecule has 0 radical (unpaired) electrons. The Kier molecular flexibility index (Phi) is 6.66. The third kappa shape index (κ3) is 5.79. The lowest BCUT2D eigenvalue weighted by Crippen LogP contribution is -2.35. The zero-order valence-electron chi connectivity index (χ0n) is 11.7. The van der Waals surface area contributed by atoms with Gasteiger partial charge in [0.1, 0.15) is 5.01 Å². The molecule has 1 aromatic rings. The van der Waals surface area contributed by atoms with E-state index < -0.39 is 5.97 Å². The van der Waals surface area contributed by atoms with Crippen LogP contribution in [0.3, 0.4) is 0 Å². The van der Waals surface area contributed by atoms with E-state index in [1.54, 1.807) is 17.2 Å². The highest BCUT2D eigenvalue weighted by atomic mass is 32.1. The zero-order chi connectivity index (χ0) is 15.0. The fourth-order valence-corrected chi connectivity index (χ4v) is 1.96. The second-order valence-corrected chi connectivity index (χ2v) is 5.10. The SMILES string of the molecule is C=C(C)CN(CC)C(=O)COC(=O)/C=C/c1nccs1. The van der Waals surface area contributed by atoms with Gasteiger partial charge in [0.25, 0.3) is 5.91 Å². The van der Waals surface area contributed by atoms with E-state index in [-0.39, 0.29) is 12.5 Å². The van der Waals surface area contributed by atoms with Gasteiger partial charge < -0.3 is 9.64 Å². The van der Waals surface area contributed by atoms with Crippen LogP contribution in [-0.2, 0) is 14.3 Å². The molecule has 0 saturated carbocycles. The van der Waals surface area contributed by atoms with Gasteiger partial charge in [0.15, 0.2) is 6.61 Å². The highest BCUT2D eigenvalue weighted by Gasteiger charge is 2.13. The van der Waals surface area contributed by atoms with Crippen LogP contribution in [0.5, 0.6) is 0 Å². The van der Waals surface area contributed by atoms with E-state index in [1.807, 2.05) is 19.2 Å². The lowest BCUT2D eigenvalue weighted by molar-refractivity contribution is -0.147. The van der Waals surface area contributed by atoms with Crippen molar-refractivity contribution in [1.82, 2.24) is 9.88 Å². The molecule has 0 bridgehead atoms. The molecule has 0 fully saturated rings. The van der Waals surface area contributed by atoms with E-state index in [0.717, 1.165) is 5.57 Å². The lowest BCUT2D eigenvalue weighted by Gasteiger charge is -2.20. The predicted octanol–water partition coefficient (Wildman–Crippen LogP) is 2.12. The first kappa shape index (κ1) is 16.1. The number of aromatic nitrogens is 1. The van der Waals surface area contributed by atoms with Gasteiger partial charge in [-0.2, -0.15) is 0 Å². The molecule has 0 spiro atoms. The standard InChI is InChI=1S/C14H18N2O3S/c1-4-16(9-11(2)3)13(17)10-19-14(18)6-5-12-15-7-8-20-12/h5-8H,2,4,9-10H2,1,3H3/b6-5+. The Balaban J connectivity index is 2.39. The third-order valence-electron chi connectivity index (χ3n) is 2.35. The Morgan fingerprint density at radius 2 is 2.30 bits per heavy atom. The van der Waals surface area contributed by atoms with Gasteiger partial charge in [-0.3, -0.25) is 4.79 Å². The van der Waals surface area contributed by atoms with Gasteiger partial charge >= 0.3 is 5.97 Å². The molecule has 1 heterocycles. The van der Waals surface area contributed by atoms with Crippen LogP contribution in [0.4, 0.5) is 0 Å². The van der Waals surface area contributed by atoms with Crippen LogP contribution in [0.15, 0.2) is 29.8 Å². The van der Waals surface area contributed by atoms with Gasteiger partial charge in [-0.05, 0) is 19.9 Å². The molecule has 0 aliphatic carbocycles. The molecule has 1 amide bonds. The number of carbonyl (C=O) groups excluding carboxylic acids is 2. The maximum atomic E-state index is 11.8. The third-order valence-corrected chi connectivity index (χ3v) is 3.09. The van der Waals surface area contributed by atoms with Crippen molar-refractivity contribution in [3.8, 4) is 0 Å². The lowest BCUT2D eigenvalue weighted by atomic mass is 10.3. The molecule has 0 unspecified atom stereocenters. The van der Waals surface area contributed by atoms with E-state index in [1.165, 1.54) is 17.4 Å². The topological polar surface area (TPSA) is 59.5 Å². The molecule has 0 aliphatic rings. The number of ether oxygens (including phenoxy) is 1. The molecule has 5 nitrogen and oxygen atoms in total. The van der Waals surface area contributed by atoms with Crippen molar-refractivity contribution in [2.75, 3.05) is 19.7 Å². The Morgan fingerprint density at radius 1 is 1.55 bits per heavy atom. The zero-order valence-corrected chi connectivity index (χ0v) is 12.5. The van der Waals surface area contributed by atoms with Crippen molar-refractivity contribution in [1.29, 1.82) is 0 Å². The average Bonchev–Trinajstić information content (AvgIpc) is 2.92. The minimum atomic E-state index is -0.556. The smallest absolute Gasteiger partial charge is 0.331 e. The quantitative estimate of drug-likeness (QED) is 0.439. The van der Waals surface area contributed by atoms with E-state index in [4.69, 9.17) is 4.74 Å². The van der Waals surface area contributed by atoms with Crippen LogP contribution in [0, 0.1) is 0 Å². The fourth-order valence-electron chi connectivity index (χ4n) is 1.43. The molecule has 0 aliphatic heterocycles. The normalized spacial score (nSPS) is 10.5. The Hall–Kier alpha value is -1.95. The number of rotatable bonds is 7. The summed E-state index contributed by atoms with van der Waals surface area (Å²) >= 11 is 1.41. The second kappa shape index (κ2) is 8.27. The van der Waals surface area contributed by atoms with Gasteiger partial charge in [-0.25, -0.2) is 9.78 Å². The first-order chi connectivity index (χ1) is 9.52. The number of likely N-dealkylation sites (N-methyl/N-ethyl adjacent to an activating group) is 1. The summed E-state index contributed by atoms with van der Waals surface area (Å²) in [5, 5.41) is 2.52. The largest absolute Gasteiger partial charge is 0.452 e. The van der Waals surface area contributed by atoms with E-state index in [9.17, 15) is 9.59 Å². The summed E-state index contributed by atoms with van der Waals surface area (Å²) < 4.78 is 4.90. The molecule has 20 heavy (non-hydrogen) atoms. The molecule has 0 saturated heterocycles.